The molecule has 0 amide bonds. The van der Waals surface area contributed by atoms with Crippen LogP contribution in [0.15, 0.2) is 71.9 Å². The number of ether oxygens (including phenoxy) is 1. The van der Waals surface area contributed by atoms with Crippen molar-refractivity contribution in [2.75, 3.05) is 4.72 Å². The topological polar surface area (TPSA) is 81.2 Å². The van der Waals surface area contributed by atoms with Crippen LogP contribution in [0.3, 0.4) is 0 Å². The summed E-state index contributed by atoms with van der Waals surface area (Å²) in [5.41, 5.74) is 0.972. The van der Waals surface area contributed by atoms with Gasteiger partial charge in [0.15, 0.2) is 0 Å². The van der Waals surface area contributed by atoms with Gasteiger partial charge in [0.25, 0.3) is 10.0 Å². The highest BCUT2D eigenvalue weighted by Gasteiger charge is 2.18. The van der Waals surface area contributed by atoms with E-state index in [0.29, 0.717) is 6.61 Å². The minimum atomic E-state index is -3.86. The predicted octanol–water partition coefficient (Wildman–Crippen LogP) is 3.51. The van der Waals surface area contributed by atoms with Crippen molar-refractivity contribution in [3.8, 4) is 5.88 Å². The molecule has 1 aromatic heterocycles. The first kappa shape index (κ1) is 17.2. The summed E-state index contributed by atoms with van der Waals surface area (Å²) in [6.45, 7) is 0.314. The quantitative estimate of drug-likeness (QED) is 0.713. The molecule has 8 heteroatoms. The van der Waals surface area contributed by atoms with Gasteiger partial charge in [0.1, 0.15) is 23.6 Å². The summed E-state index contributed by atoms with van der Waals surface area (Å²) >= 11 is 5.95. The Morgan fingerprint density at radius 2 is 1.72 bits per heavy atom. The van der Waals surface area contributed by atoms with E-state index in [1.807, 2.05) is 30.3 Å². The maximum atomic E-state index is 12.4. The molecule has 0 radical (unpaired) electrons. The number of benzene rings is 2. The molecule has 1 N–H and O–H groups in total. The third kappa shape index (κ3) is 4.46. The summed E-state index contributed by atoms with van der Waals surface area (Å²) in [5, 5.41) is 0.129. The van der Waals surface area contributed by atoms with E-state index in [0.717, 1.165) is 5.56 Å². The van der Waals surface area contributed by atoms with Gasteiger partial charge in [-0.1, -0.05) is 54.1 Å². The first-order chi connectivity index (χ1) is 12.0. The molecule has 0 saturated heterocycles. The molecule has 3 aromatic rings. The van der Waals surface area contributed by atoms with Crippen molar-refractivity contribution in [1.29, 1.82) is 0 Å². The lowest BCUT2D eigenvalue weighted by Crippen LogP contribution is -2.14. The fourth-order valence-corrected chi connectivity index (χ4v) is 3.58. The Labute approximate surface area is 150 Å². The zero-order valence-electron chi connectivity index (χ0n) is 13.0. The van der Waals surface area contributed by atoms with Crippen molar-refractivity contribution in [2.24, 2.45) is 0 Å². The van der Waals surface area contributed by atoms with E-state index in [2.05, 4.69) is 14.7 Å². The van der Waals surface area contributed by atoms with Crippen molar-refractivity contribution in [1.82, 2.24) is 9.97 Å². The average Bonchev–Trinajstić information content (AvgIpc) is 2.61. The lowest BCUT2D eigenvalue weighted by Gasteiger charge is -2.10. The van der Waals surface area contributed by atoms with Crippen LogP contribution in [0.25, 0.3) is 0 Å². The highest BCUT2D eigenvalue weighted by atomic mass is 35.5. The van der Waals surface area contributed by atoms with E-state index in [-0.39, 0.29) is 21.6 Å². The van der Waals surface area contributed by atoms with Crippen LogP contribution in [0.1, 0.15) is 5.56 Å². The number of aromatic nitrogens is 2. The summed E-state index contributed by atoms with van der Waals surface area (Å²) in [4.78, 5) is 7.86. The average molecular weight is 376 g/mol. The fraction of sp³-hybridized carbons (Fsp3) is 0.0588. The summed E-state index contributed by atoms with van der Waals surface area (Å²) in [6.07, 6.45) is 1.23. The highest BCUT2D eigenvalue weighted by molar-refractivity contribution is 7.92. The molecule has 0 unspecified atom stereocenters. The zero-order chi connectivity index (χ0) is 17.7. The molecule has 3 rings (SSSR count). The van der Waals surface area contributed by atoms with Gasteiger partial charge in [-0.25, -0.2) is 18.4 Å². The molecular weight excluding hydrogens is 362 g/mol. The van der Waals surface area contributed by atoms with E-state index in [4.69, 9.17) is 16.3 Å². The monoisotopic (exact) mass is 375 g/mol. The Morgan fingerprint density at radius 1 is 1.00 bits per heavy atom. The van der Waals surface area contributed by atoms with E-state index in [1.165, 1.54) is 24.5 Å². The number of rotatable bonds is 6. The SMILES string of the molecule is O=S(=O)(Nc1cc(OCc2ccccc2)ncn1)c1ccccc1Cl. The van der Waals surface area contributed by atoms with Crippen molar-refractivity contribution in [2.45, 2.75) is 11.5 Å². The van der Waals surface area contributed by atoms with Gasteiger partial charge in [0.05, 0.1) is 5.02 Å². The Balaban J connectivity index is 1.74. The number of hydrogen-bond donors (Lipinski definition) is 1. The van der Waals surface area contributed by atoms with Crippen LogP contribution in [0.5, 0.6) is 5.88 Å². The van der Waals surface area contributed by atoms with Crippen LogP contribution in [0.2, 0.25) is 5.02 Å². The summed E-state index contributed by atoms with van der Waals surface area (Å²) in [7, 11) is -3.86. The Bertz CT molecular complexity index is 966. The lowest BCUT2D eigenvalue weighted by atomic mass is 10.2. The second-order valence-electron chi connectivity index (χ2n) is 5.05. The minimum Gasteiger partial charge on any atom is -0.473 e. The van der Waals surface area contributed by atoms with Crippen molar-refractivity contribution in [3.05, 3.63) is 77.6 Å². The molecule has 0 aliphatic rings. The van der Waals surface area contributed by atoms with Crippen LogP contribution in [0, 0.1) is 0 Å². The molecule has 25 heavy (non-hydrogen) atoms. The standard InChI is InChI=1S/C17H14ClN3O3S/c18-14-8-4-5-9-15(14)25(22,23)21-16-10-17(20-12-19-16)24-11-13-6-2-1-3-7-13/h1-10,12H,11H2,(H,19,20,21). The summed E-state index contributed by atoms with van der Waals surface area (Å²) in [6, 6.07) is 17.1. The molecular formula is C17H14ClN3O3S. The van der Waals surface area contributed by atoms with Crippen molar-refractivity contribution in [3.63, 3.8) is 0 Å². The first-order valence-corrected chi connectivity index (χ1v) is 9.17. The number of nitrogens with zero attached hydrogens (tertiary/aromatic N) is 2. The Kier molecular flexibility index (Phi) is 5.16. The van der Waals surface area contributed by atoms with Crippen LogP contribution in [-0.2, 0) is 16.6 Å². The van der Waals surface area contributed by atoms with Gasteiger partial charge in [-0.2, -0.15) is 0 Å². The van der Waals surface area contributed by atoms with Crippen LogP contribution < -0.4 is 9.46 Å². The van der Waals surface area contributed by atoms with Gasteiger partial charge < -0.3 is 4.74 Å². The van der Waals surface area contributed by atoms with Gasteiger partial charge in [0, 0.05) is 6.07 Å². The van der Waals surface area contributed by atoms with Crippen molar-refractivity contribution < 1.29 is 13.2 Å². The van der Waals surface area contributed by atoms with Gasteiger partial charge in [-0.15, -0.1) is 0 Å². The van der Waals surface area contributed by atoms with Crippen LogP contribution in [0.4, 0.5) is 5.82 Å². The van der Waals surface area contributed by atoms with E-state index in [1.54, 1.807) is 12.1 Å². The van der Waals surface area contributed by atoms with Gasteiger partial charge in [-0.3, -0.25) is 4.72 Å². The Hall–Kier alpha value is -2.64. The molecule has 0 aliphatic carbocycles. The van der Waals surface area contributed by atoms with Gasteiger partial charge in [-0.05, 0) is 17.7 Å². The molecule has 0 spiro atoms. The maximum Gasteiger partial charge on any atom is 0.264 e. The van der Waals surface area contributed by atoms with Crippen LogP contribution in [-0.4, -0.2) is 18.4 Å². The number of sulfonamides is 1. The third-order valence-corrected chi connectivity index (χ3v) is 5.09. The van der Waals surface area contributed by atoms with E-state index >= 15 is 0 Å². The molecule has 0 bridgehead atoms. The van der Waals surface area contributed by atoms with E-state index < -0.39 is 10.0 Å². The number of nitrogens with one attached hydrogen (secondary N) is 1. The van der Waals surface area contributed by atoms with E-state index in [9.17, 15) is 8.42 Å². The number of hydrogen-bond acceptors (Lipinski definition) is 5. The Morgan fingerprint density at radius 3 is 2.48 bits per heavy atom. The smallest absolute Gasteiger partial charge is 0.264 e. The molecule has 0 saturated carbocycles. The van der Waals surface area contributed by atoms with Crippen molar-refractivity contribution >= 4 is 27.4 Å². The molecule has 0 atom stereocenters. The highest BCUT2D eigenvalue weighted by Crippen LogP contribution is 2.23. The van der Waals surface area contributed by atoms with Gasteiger partial charge >= 0.3 is 0 Å². The molecule has 6 nitrogen and oxygen atoms in total. The zero-order valence-corrected chi connectivity index (χ0v) is 14.5. The molecule has 1 heterocycles. The summed E-state index contributed by atoms with van der Waals surface area (Å²) in [5.74, 6) is 0.355. The molecule has 128 valence electrons. The summed E-state index contributed by atoms with van der Waals surface area (Å²) < 4.78 is 32.8. The predicted molar refractivity (Wildman–Crippen MR) is 95.1 cm³/mol. The minimum absolute atomic E-state index is 0.0259. The van der Waals surface area contributed by atoms with Gasteiger partial charge in [0.2, 0.25) is 5.88 Å². The second kappa shape index (κ2) is 7.50. The van der Waals surface area contributed by atoms with Crippen LogP contribution >= 0.6 is 11.6 Å². The fourth-order valence-electron chi connectivity index (χ4n) is 2.06. The second-order valence-corrected chi connectivity index (χ2v) is 7.11. The number of halogens is 1. The molecule has 0 fully saturated rings. The molecule has 0 aliphatic heterocycles. The maximum absolute atomic E-state index is 12.4. The normalized spacial score (nSPS) is 11.1. The number of anilines is 1. The third-order valence-electron chi connectivity index (χ3n) is 3.24. The molecule has 2 aromatic carbocycles. The first-order valence-electron chi connectivity index (χ1n) is 7.31. The lowest BCUT2D eigenvalue weighted by molar-refractivity contribution is 0.293. The largest absolute Gasteiger partial charge is 0.473 e.